The van der Waals surface area contributed by atoms with Crippen molar-refractivity contribution in [3.8, 4) is 11.5 Å². The zero-order valence-electron chi connectivity index (χ0n) is 16.5. The minimum atomic E-state index is -0.527. The van der Waals surface area contributed by atoms with E-state index in [1.165, 1.54) is 14.2 Å². The lowest BCUT2D eigenvalue weighted by Crippen LogP contribution is -2.16. The third-order valence-electron chi connectivity index (χ3n) is 4.60. The number of carbonyl (C=O) groups is 2. The van der Waals surface area contributed by atoms with Gasteiger partial charge in [-0.3, -0.25) is 4.79 Å². The minimum absolute atomic E-state index is 0.216. The van der Waals surface area contributed by atoms with E-state index in [1.54, 1.807) is 42.1 Å². The van der Waals surface area contributed by atoms with Crippen LogP contribution in [0, 0.1) is 0 Å². The molecule has 1 unspecified atom stereocenters. The molecule has 0 aliphatic carbocycles. The highest BCUT2D eigenvalue weighted by molar-refractivity contribution is 7.99. The number of rotatable bonds is 9. The molecule has 1 aliphatic heterocycles. The van der Waals surface area contributed by atoms with Crippen molar-refractivity contribution in [1.82, 2.24) is 0 Å². The molecule has 2 aromatic carbocycles. The first-order chi connectivity index (χ1) is 14.1. The highest BCUT2D eigenvalue weighted by atomic mass is 32.2. The fourth-order valence-electron chi connectivity index (χ4n) is 3.04. The van der Waals surface area contributed by atoms with Crippen LogP contribution in [0.4, 0.5) is 0 Å². The number of carbonyl (C=O) groups excluding carboxylic acids is 2. The molecule has 29 heavy (non-hydrogen) atoms. The number of Topliss-reactive ketones (excluding diaryl/α,β-unsaturated/α-hetero) is 1. The average Bonchev–Trinajstić information content (AvgIpc) is 3.29. The Hall–Kier alpha value is -2.51. The smallest absolute Gasteiger partial charge is 0.339 e. The fraction of sp³-hybridized carbons (Fsp3) is 0.364. The summed E-state index contributed by atoms with van der Waals surface area (Å²) in [6.07, 6.45) is 2.33. The number of benzene rings is 2. The molecule has 0 bridgehead atoms. The van der Waals surface area contributed by atoms with E-state index in [2.05, 4.69) is 0 Å². The molecule has 0 spiro atoms. The van der Waals surface area contributed by atoms with Gasteiger partial charge in [-0.1, -0.05) is 12.1 Å². The number of thioether (sulfide) groups is 1. The molecule has 0 N–H and O–H groups in total. The molecule has 1 saturated heterocycles. The van der Waals surface area contributed by atoms with Crippen LogP contribution in [0.2, 0.25) is 0 Å². The minimum Gasteiger partial charge on any atom is -0.497 e. The molecule has 154 valence electrons. The van der Waals surface area contributed by atoms with Crippen LogP contribution in [0.25, 0.3) is 0 Å². The monoisotopic (exact) mass is 416 g/mol. The zero-order chi connectivity index (χ0) is 20.6. The number of ether oxygens (including phenoxy) is 4. The summed E-state index contributed by atoms with van der Waals surface area (Å²) in [4.78, 5) is 25.9. The summed E-state index contributed by atoms with van der Waals surface area (Å²) in [7, 11) is 3.01. The van der Waals surface area contributed by atoms with Crippen molar-refractivity contribution in [1.29, 1.82) is 0 Å². The molecule has 6 nitrogen and oxygen atoms in total. The second kappa shape index (κ2) is 10.3. The Balaban J connectivity index is 1.62. The predicted octanol–water partition coefficient (Wildman–Crippen LogP) is 4.01. The molecule has 0 saturated carbocycles. The van der Waals surface area contributed by atoms with Crippen LogP contribution in [0.5, 0.6) is 11.5 Å². The topological polar surface area (TPSA) is 71.1 Å². The quantitative estimate of drug-likeness (QED) is 0.347. The lowest BCUT2D eigenvalue weighted by Gasteiger charge is -2.12. The first-order valence-corrected chi connectivity index (χ1v) is 10.4. The number of hydrogen-bond donors (Lipinski definition) is 0. The van der Waals surface area contributed by atoms with Gasteiger partial charge in [-0.15, -0.1) is 11.8 Å². The van der Waals surface area contributed by atoms with E-state index in [1.807, 2.05) is 12.1 Å². The molecule has 0 amide bonds. The number of hydrogen-bond acceptors (Lipinski definition) is 7. The molecule has 2 aromatic rings. The highest BCUT2D eigenvalue weighted by Gasteiger charge is 2.20. The first-order valence-electron chi connectivity index (χ1n) is 9.38. The summed E-state index contributed by atoms with van der Waals surface area (Å²) in [6.45, 7) is 0.429. The van der Waals surface area contributed by atoms with Crippen molar-refractivity contribution in [3.05, 3.63) is 53.6 Å². The number of methoxy groups -OCH3 is 2. The van der Waals surface area contributed by atoms with Crippen molar-refractivity contribution in [2.24, 2.45) is 0 Å². The summed E-state index contributed by atoms with van der Waals surface area (Å²) in [5, 5.41) is 0. The molecular formula is C22H24O6S. The normalized spacial score (nSPS) is 15.7. The summed E-state index contributed by atoms with van der Waals surface area (Å²) in [6, 6.07) is 12.1. The van der Waals surface area contributed by atoms with Gasteiger partial charge < -0.3 is 18.9 Å². The Morgan fingerprint density at radius 1 is 1.10 bits per heavy atom. The molecule has 0 radical (unpaired) electrons. The van der Waals surface area contributed by atoms with Crippen LogP contribution in [0.15, 0.2) is 47.4 Å². The Bertz CT molecular complexity index is 860. The highest BCUT2D eigenvalue weighted by Crippen LogP contribution is 2.28. The zero-order valence-corrected chi connectivity index (χ0v) is 17.3. The number of esters is 1. The van der Waals surface area contributed by atoms with Gasteiger partial charge >= 0.3 is 5.97 Å². The first kappa shape index (κ1) is 21.2. The third kappa shape index (κ3) is 5.52. The van der Waals surface area contributed by atoms with Crippen LogP contribution in [-0.2, 0) is 9.47 Å². The largest absolute Gasteiger partial charge is 0.497 e. The Morgan fingerprint density at radius 3 is 2.66 bits per heavy atom. The average molecular weight is 416 g/mol. The molecule has 1 aliphatic rings. The SMILES string of the molecule is COc1ccc(C(=O)COC(=O)c2ccccc2SCC2CCCO2)c(OC)c1. The summed E-state index contributed by atoms with van der Waals surface area (Å²) >= 11 is 1.57. The molecule has 1 heterocycles. The lowest BCUT2D eigenvalue weighted by molar-refractivity contribution is 0.0470. The van der Waals surface area contributed by atoms with Gasteiger partial charge in [0, 0.05) is 23.3 Å². The molecule has 0 aromatic heterocycles. The maximum absolute atomic E-state index is 12.6. The van der Waals surface area contributed by atoms with Crippen LogP contribution < -0.4 is 9.47 Å². The predicted molar refractivity (Wildman–Crippen MR) is 110 cm³/mol. The second-order valence-electron chi connectivity index (χ2n) is 6.51. The van der Waals surface area contributed by atoms with Gasteiger partial charge in [-0.25, -0.2) is 4.79 Å². The van der Waals surface area contributed by atoms with E-state index < -0.39 is 5.97 Å². The van der Waals surface area contributed by atoms with Gasteiger partial charge in [0.2, 0.25) is 5.78 Å². The van der Waals surface area contributed by atoms with Gasteiger partial charge in [0.05, 0.1) is 31.5 Å². The molecule has 3 rings (SSSR count). The standard InChI is InChI=1S/C22H24O6S/c1-25-15-9-10-17(20(12-15)26-2)19(23)13-28-22(24)18-7-3-4-8-21(18)29-14-16-6-5-11-27-16/h3-4,7-10,12,16H,5-6,11,13-14H2,1-2H3. The van der Waals surface area contributed by atoms with E-state index in [-0.39, 0.29) is 18.5 Å². The maximum atomic E-state index is 12.6. The van der Waals surface area contributed by atoms with Gasteiger partial charge in [0.1, 0.15) is 11.5 Å². The summed E-state index contributed by atoms with van der Waals surface area (Å²) in [5.41, 5.74) is 0.784. The van der Waals surface area contributed by atoms with E-state index in [4.69, 9.17) is 18.9 Å². The van der Waals surface area contributed by atoms with E-state index in [9.17, 15) is 9.59 Å². The van der Waals surface area contributed by atoms with Crippen LogP contribution in [0.3, 0.4) is 0 Å². The molecule has 1 fully saturated rings. The van der Waals surface area contributed by atoms with Crippen molar-refractivity contribution in [2.45, 2.75) is 23.8 Å². The van der Waals surface area contributed by atoms with Crippen LogP contribution >= 0.6 is 11.8 Å². The van der Waals surface area contributed by atoms with Crippen molar-refractivity contribution >= 4 is 23.5 Å². The summed E-state index contributed by atoms with van der Waals surface area (Å²) in [5.74, 6) is 0.862. The fourth-order valence-corrected chi connectivity index (χ4v) is 4.15. The second-order valence-corrected chi connectivity index (χ2v) is 7.57. The third-order valence-corrected chi connectivity index (χ3v) is 5.80. The van der Waals surface area contributed by atoms with E-state index in [0.717, 1.165) is 30.1 Å². The number of ketones is 1. The van der Waals surface area contributed by atoms with Gasteiger partial charge in [-0.2, -0.15) is 0 Å². The van der Waals surface area contributed by atoms with Crippen molar-refractivity contribution in [2.75, 3.05) is 33.2 Å². The summed E-state index contributed by atoms with van der Waals surface area (Å²) < 4.78 is 21.3. The van der Waals surface area contributed by atoms with E-state index >= 15 is 0 Å². The van der Waals surface area contributed by atoms with E-state index in [0.29, 0.717) is 22.6 Å². The molecule has 7 heteroatoms. The van der Waals surface area contributed by atoms with Gasteiger partial charge in [-0.05, 0) is 37.1 Å². The maximum Gasteiger partial charge on any atom is 0.339 e. The van der Waals surface area contributed by atoms with Crippen LogP contribution in [-0.4, -0.2) is 51.0 Å². The van der Waals surface area contributed by atoms with Crippen molar-refractivity contribution < 1.29 is 28.5 Å². The Kier molecular flexibility index (Phi) is 7.55. The lowest BCUT2D eigenvalue weighted by atomic mass is 10.1. The Morgan fingerprint density at radius 2 is 1.93 bits per heavy atom. The Labute approximate surface area is 174 Å². The molecule has 1 atom stereocenters. The van der Waals surface area contributed by atoms with Crippen LogP contribution in [0.1, 0.15) is 33.6 Å². The van der Waals surface area contributed by atoms with Gasteiger partial charge in [0.15, 0.2) is 6.61 Å². The molecular weight excluding hydrogens is 392 g/mol. The van der Waals surface area contributed by atoms with Gasteiger partial charge in [0.25, 0.3) is 0 Å². The van der Waals surface area contributed by atoms with Crippen molar-refractivity contribution in [3.63, 3.8) is 0 Å².